The first-order valence-corrected chi connectivity index (χ1v) is 7.67. The second-order valence-corrected chi connectivity index (χ2v) is 6.14. The van der Waals surface area contributed by atoms with Gasteiger partial charge in [0.05, 0.1) is 5.56 Å². The van der Waals surface area contributed by atoms with Crippen molar-refractivity contribution in [1.82, 2.24) is 15.2 Å². The summed E-state index contributed by atoms with van der Waals surface area (Å²) < 4.78 is 0. The van der Waals surface area contributed by atoms with Crippen molar-refractivity contribution in [1.29, 1.82) is 0 Å². The van der Waals surface area contributed by atoms with Crippen molar-refractivity contribution in [2.45, 2.75) is 38.6 Å². The number of pyridine rings is 1. The summed E-state index contributed by atoms with van der Waals surface area (Å²) in [6, 6.07) is 4.28. The van der Waals surface area contributed by atoms with Crippen LogP contribution in [0.2, 0.25) is 0 Å². The van der Waals surface area contributed by atoms with Gasteiger partial charge >= 0.3 is 0 Å². The van der Waals surface area contributed by atoms with Crippen LogP contribution < -0.4 is 5.32 Å². The van der Waals surface area contributed by atoms with Crippen LogP contribution in [0.25, 0.3) is 0 Å². The lowest BCUT2D eigenvalue weighted by atomic mass is 10.1. The van der Waals surface area contributed by atoms with Gasteiger partial charge in [-0.3, -0.25) is 9.78 Å². The number of aromatic nitrogens is 1. The highest BCUT2D eigenvalue weighted by molar-refractivity contribution is 5.94. The van der Waals surface area contributed by atoms with Crippen LogP contribution in [-0.2, 0) is 0 Å². The van der Waals surface area contributed by atoms with E-state index >= 15 is 0 Å². The number of nitrogens with zero attached hydrogens (tertiary/aromatic N) is 2. The fourth-order valence-corrected chi connectivity index (χ4v) is 2.81. The molecule has 1 aliphatic heterocycles. The van der Waals surface area contributed by atoms with Crippen LogP contribution in [0.3, 0.4) is 0 Å². The van der Waals surface area contributed by atoms with Crippen LogP contribution in [0.15, 0.2) is 18.3 Å². The van der Waals surface area contributed by atoms with Gasteiger partial charge in [-0.15, -0.1) is 0 Å². The van der Waals surface area contributed by atoms with Gasteiger partial charge < -0.3 is 10.2 Å². The Bertz CT molecular complexity index is 461. The van der Waals surface area contributed by atoms with Crippen LogP contribution in [0.5, 0.6) is 0 Å². The molecule has 4 nitrogen and oxygen atoms in total. The van der Waals surface area contributed by atoms with Crippen molar-refractivity contribution in [3.63, 3.8) is 0 Å². The van der Waals surface area contributed by atoms with Crippen molar-refractivity contribution >= 4 is 5.91 Å². The van der Waals surface area contributed by atoms with Crippen molar-refractivity contribution in [2.24, 2.45) is 5.92 Å². The molecule has 1 atom stereocenters. The normalized spacial score (nSPS) is 21.9. The highest BCUT2D eigenvalue weighted by atomic mass is 16.2. The summed E-state index contributed by atoms with van der Waals surface area (Å²) in [6.07, 6.45) is 6.66. The number of carbonyl (C=O) groups is 1. The van der Waals surface area contributed by atoms with Crippen LogP contribution in [0.4, 0.5) is 0 Å². The molecule has 20 heavy (non-hydrogen) atoms. The van der Waals surface area contributed by atoms with Crippen molar-refractivity contribution in [2.75, 3.05) is 19.6 Å². The predicted octanol–water partition coefficient (Wildman–Crippen LogP) is 1.99. The molecule has 1 unspecified atom stereocenters. The van der Waals surface area contributed by atoms with Crippen molar-refractivity contribution in [3.05, 3.63) is 29.6 Å². The SMILES string of the molecule is Cc1ccc(C(=O)N(CC2CC2)CC2CCCN2)cn1. The number of rotatable bonds is 5. The Kier molecular flexibility index (Phi) is 4.01. The quantitative estimate of drug-likeness (QED) is 0.892. The third-order valence-electron chi connectivity index (χ3n) is 4.22. The van der Waals surface area contributed by atoms with Crippen LogP contribution in [-0.4, -0.2) is 41.5 Å². The summed E-state index contributed by atoms with van der Waals surface area (Å²) >= 11 is 0. The number of amides is 1. The van der Waals surface area contributed by atoms with Gasteiger partial charge in [-0.05, 0) is 57.2 Å². The Morgan fingerprint density at radius 3 is 2.80 bits per heavy atom. The summed E-state index contributed by atoms with van der Waals surface area (Å²) in [6.45, 7) is 4.77. The lowest BCUT2D eigenvalue weighted by Gasteiger charge is -2.26. The molecule has 1 aromatic heterocycles. The Balaban J connectivity index is 1.69. The molecular formula is C16H23N3O. The summed E-state index contributed by atoms with van der Waals surface area (Å²) in [5.74, 6) is 0.858. The minimum absolute atomic E-state index is 0.137. The Hall–Kier alpha value is -1.42. The zero-order chi connectivity index (χ0) is 13.9. The van der Waals surface area contributed by atoms with Crippen LogP contribution in [0, 0.1) is 12.8 Å². The number of nitrogens with one attached hydrogen (secondary N) is 1. The molecule has 1 saturated heterocycles. The number of carbonyl (C=O) groups excluding carboxylic acids is 1. The molecule has 2 fully saturated rings. The van der Waals surface area contributed by atoms with E-state index in [1.807, 2.05) is 24.0 Å². The molecule has 2 aliphatic rings. The Morgan fingerprint density at radius 1 is 1.35 bits per heavy atom. The summed E-state index contributed by atoms with van der Waals surface area (Å²) in [5.41, 5.74) is 1.67. The molecular weight excluding hydrogens is 250 g/mol. The Morgan fingerprint density at radius 2 is 2.20 bits per heavy atom. The fraction of sp³-hybridized carbons (Fsp3) is 0.625. The number of hydrogen-bond donors (Lipinski definition) is 1. The standard InChI is InChI=1S/C16H23N3O/c1-12-4-7-14(9-18-12)16(20)19(10-13-5-6-13)11-15-3-2-8-17-15/h4,7,9,13,15,17H,2-3,5-6,8,10-11H2,1H3. The van der Waals surface area contributed by atoms with E-state index in [1.165, 1.54) is 25.7 Å². The van der Waals surface area contributed by atoms with Gasteiger partial charge in [-0.2, -0.15) is 0 Å². The van der Waals surface area contributed by atoms with Gasteiger partial charge in [0.2, 0.25) is 0 Å². The fourth-order valence-electron chi connectivity index (χ4n) is 2.81. The monoisotopic (exact) mass is 273 g/mol. The van der Waals surface area contributed by atoms with Gasteiger partial charge in [0.25, 0.3) is 5.91 Å². The minimum atomic E-state index is 0.137. The maximum atomic E-state index is 12.7. The maximum absolute atomic E-state index is 12.7. The molecule has 108 valence electrons. The zero-order valence-corrected chi connectivity index (χ0v) is 12.1. The molecule has 1 N–H and O–H groups in total. The van der Waals surface area contributed by atoms with E-state index in [-0.39, 0.29) is 5.91 Å². The molecule has 1 saturated carbocycles. The van der Waals surface area contributed by atoms with E-state index in [2.05, 4.69) is 10.3 Å². The first-order valence-electron chi connectivity index (χ1n) is 7.67. The molecule has 4 heteroatoms. The van der Waals surface area contributed by atoms with E-state index in [4.69, 9.17) is 0 Å². The van der Waals surface area contributed by atoms with Gasteiger partial charge in [-0.1, -0.05) is 0 Å². The van der Waals surface area contributed by atoms with Gasteiger partial charge in [0, 0.05) is 31.0 Å². The highest BCUT2D eigenvalue weighted by Crippen LogP contribution is 2.30. The summed E-state index contributed by atoms with van der Waals surface area (Å²) in [7, 11) is 0. The van der Waals surface area contributed by atoms with Crippen LogP contribution in [0.1, 0.15) is 41.7 Å². The summed E-state index contributed by atoms with van der Waals surface area (Å²) in [4.78, 5) is 18.9. The van der Waals surface area contributed by atoms with Crippen molar-refractivity contribution in [3.8, 4) is 0 Å². The van der Waals surface area contributed by atoms with Gasteiger partial charge in [-0.25, -0.2) is 0 Å². The largest absolute Gasteiger partial charge is 0.337 e. The number of hydrogen-bond acceptors (Lipinski definition) is 3. The topological polar surface area (TPSA) is 45.2 Å². The molecule has 1 aliphatic carbocycles. The van der Waals surface area contributed by atoms with Crippen LogP contribution >= 0.6 is 0 Å². The van der Waals surface area contributed by atoms with E-state index in [1.54, 1.807) is 6.20 Å². The average Bonchev–Trinajstić information content (AvgIpc) is 3.12. The third-order valence-corrected chi connectivity index (χ3v) is 4.22. The first kappa shape index (κ1) is 13.6. The molecule has 0 aromatic carbocycles. The smallest absolute Gasteiger partial charge is 0.255 e. The molecule has 0 radical (unpaired) electrons. The first-order chi connectivity index (χ1) is 9.72. The average molecular weight is 273 g/mol. The number of aryl methyl sites for hydroxylation is 1. The molecule has 3 rings (SSSR count). The van der Waals surface area contributed by atoms with E-state index in [0.717, 1.165) is 31.2 Å². The van der Waals surface area contributed by atoms with E-state index in [9.17, 15) is 4.79 Å². The molecule has 1 aromatic rings. The molecule has 0 spiro atoms. The predicted molar refractivity (Wildman–Crippen MR) is 78.6 cm³/mol. The third kappa shape index (κ3) is 3.37. The maximum Gasteiger partial charge on any atom is 0.255 e. The lowest BCUT2D eigenvalue weighted by Crippen LogP contribution is -2.42. The zero-order valence-electron chi connectivity index (χ0n) is 12.1. The molecule has 2 heterocycles. The second kappa shape index (κ2) is 5.92. The van der Waals surface area contributed by atoms with E-state index < -0.39 is 0 Å². The minimum Gasteiger partial charge on any atom is -0.337 e. The second-order valence-electron chi connectivity index (χ2n) is 6.14. The summed E-state index contributed by atoms with van der Waals surface area (Å²) in [5, 5.41) is 3.49. The molecule has 1 amide bonds. The van der Waals surface area contributed by atoms with Gasteiger partial charge in [0.1, 0.15) is 0 Å². The lowest BCUT2D eigenvalue weighted by molar-refractivity contribution is 0.0733. The van der Waals surface area contributed by atoms with E-state index in [0.29, 0.717) is 11.6 Å². The van der Waals surface area contributed by atoms with Crippen molar-refractivity contribution < 1.29 is 4.79 Å². The Labute approximate surface area is 120 Å². The highest BCUT2D eigenvalue weighted by Gasteiger charge is 2.29. The molecule has 0 bridgehead atoms. The van der Waals surface area contributed by atoms with Gasteiger partial charge in [0.15, 0.2) is 0 Å².